The highest BCUT2D eigenvalue weighted by atomic mass is 16.5. The van der Waals surface area contributed by atoms with Crippen LogP contribution in [0.15, 0.2) is 41.0 Å². The number of hydrogen-bond donors (Lipinski definition) is 1. The topological polar surface area (TPSA) is 134 Å². The van der Waals surface area contributed by atoms with E-state index in [2.05, 4.69) is 20.7 Å². The lowest BCUT2D eigenvalue weighted by molar-refractivity contribution is -0.143. The fourth-order valence-corrected chi connectivity index (χ4v) is 4.71. The van der Waals surface area contributed by atoms with Crippen molar-refractivity contribution in [2.24, 2.45) is 0 Å². The molecule has 0 aliphatic heterocycles. The van der Waals surface area contributed by atoms with Gasteiger partial charge in [0.15, 0.2) is 17.5 Å². The van der Waals surface area contributed by atoms with Crippen LogP contribution in [-0.2, 0) is 20.9 Å². The summed E-state index contributed by atoms with van der Waals surface area (Å²) in [4.78, 5) is 29.9. The summed E-state index contributed by atoms with van der Waals surface area (Å²) in [6.07, 6.45) is 6.06. The van der Waals surface area contributed by atoms with Gasteiger partial charge in [-0.2, -0.15) is 4.80 Å². The Bertz CT molecular complexity index is 1210. The molecule has 1 N–H and O–H groups in total. The Morgan fingerprint density at radius 2 is 1.97 bits per heavy atom. The Hall–Kier alpha value is -3.93. The standard InChI is InChI=1S/C27H36N6O6/c1-4-38-15-8-14-32(25(22-11-7-16-39-22)27(35)28-20-9-5-6-10-20)24(34)18-33-30-26(29-31-33)19-12-13-21(36-2)23(17-19)37-3/h7,11-13,16-17,20,25H,4-6,8-10,14-15,18H2,1-3H3,(H,28,35)/t25-/m0/s1. The zero-order valence-electron chi connectivity index (χ0n) is 22.7. The van der Waals surface area contributed by atoms with Crippen LogP contribution in [0.25, 0.3) is 11.4 Å². The van der Waals surface area contributed by atoms with Crippen LogP contribution < -0.4 is 14.8 Å². The molecule has 1 atom stereocenters. The Morgan fingerprint density at radius 1 is 1.18 bits per heavy atom. The van der Waals surface area contributed by atoms with Gasteiger partial charge in [0.1, 0.15) is 12.3 Å². The first-order valence-electron chi connectivity index (χ1n) is 13.2. The van der Waals surface area contributed by atoms with E-state index < -0.39 is 6.04 Å². The summed E-state index contributed by atoms with van der Waals surface area (Å²) in [6, 6.07) is 7.86. The van der Waals surface area contributed by atoms with Gasteiger partial charge in [-0.05, 0) is 61.7 Å². The highest BCUT2D eigenvalue weighted by molar-refractivity contribution is 5.88. The van der Waals surface area contributed by atoms with E-state index >= 15 is 0 Å². The predicted octanol–water partition coefficient (Wildman–Crippen LogP) is 3.01. The van der Waals surface area contributed by atoms with Gasteiger partial charge in [-0.15, -0.1) is 10.2 Å². The quantitative estimate of drug-likeness (QED) is 0.306. The van der Waals surface area contributed by atoms with E-state index in [9.17, 15) is 9.59 Å². The molecule has 12 nitrogen and oxygen atoms in total. The summed E-state index contributed by atoms with van der Waals surface area (Å²) in [6.45, 7) is 3.03. The van der Waals surface area contributed by atoms with E-state index in [0.29, 0.717) is 54.8 Å². The minimum atomic E-state index is -0.927. The number of hydrogen-bond acceptors (Lipinski definition) is 9. The molecule has 2 aromatic heterocycles. The molecule has 0 radical (unpaired) electrons. The van der Waals surface area contributed by atoms with Crippen LogP contribution in [0, 0.1) is 0 Å². The van der Waals surface area contributed by atoms with Gasteiger partial charge >= 0.3 is 0 Å². The number of ether oxygens (including phenoxy) is 3. The number of carbonyl (C=O) groups excluding carboxylic acids is 2. The molecule has 0 spiro atoms. The number of aromatic nitrogens is 4. The third-order valence-electron chi connectivity index (χ3n) is 6.66. The molecule has 0 unspecified atom stereocenters. The van der Waals surface area contributed by atoms with Crippen LogP contribution >= 0.6 is 0 Å². The Kier molecular flexibility index (Phi) is 9.90. The molecule has 0 saturated heterocycles. The van der Waals surface area contributed by atoms with Crippen molar-refractivity contribution in [3.05, 3.63) is 42.4 Å². The largest absolute Gasteiger partial charge is 0.493 e. The molecule has 2 amide bonds. The number of furan rings is 1. The molecule has 210 valence electrons. The number of tetrazole rings is 1. The summed E-state index contributed by atoms with van der Waals surface area (Å²) in [7, 11) is 3.10. The Balaban J connectivity index is 1.55. The fourth-order valence-electron chi connectivity index (χ4n) is 4.71. The number of amides is 2. The molecule has 4 rings (SSSR count). The van der Waals surface area contributed by atoms with Gasteiger partial charge in [-0.1, -0.05) is 12.8 Å². The van der Waals surface area contributed by atoms with Gasteiger partial charge in [0.05, 0.1) is 20.5 Å². The average molecular weight is 541 g/mol. The maximum atomic E-state index is 13.7. The van der Waals surface area contributed by atoms with Gasteiger partial charge in [-0.25, -0.2) is 0 Å². The van der Waals surface area contributed by atoms with Crippen molar-refractivity contribution < 1.29 is 28.2 Å². The highest BCUT2D eigenvalue weighted by Crippen LogP contribution is 2.31. The van der Waals surface area contributed by atoms with E-state index in [1.165, 1.54) is 16.0 Å². The number of benzene rings is 1. The summed E-state index contributed by atoms with van der Waals surface area (Å²) in [5, 5.41) is 15.7. The highest BCUT2D eigenvalue weighted by Gasteiger charge is 2.35. The lowest BCUT2D eigenvalue weighted by atomic mass is 10.1. The smallest absolute Gasteiger partial charge is 0.250 e. The van der Waals surface area contributed by atoms with Crippen LogP contribution in [0.3, 0.4) is 0 Å². The molecule has 1 saturated carbocycles. The van der Waals surface area contributed by atoms with Gasteiger partial charge < -0.3 is 28.8 Å². The minimum Gasteiger partial charge on any atom is -0.493 e. The molecular weight excluding hydrogens is 504 g/mol. The molecule has 39 heavy (non-hydrogen) atoms. The van der Waals surface area contributed by atoms with Crippen molar-refractivity contribution in [1.82, 2.24) is 30.4 Å². The molecule has 1 fully saturated rings. The van der Waals surface area contributed by atoms with E-state index in [-0.39, 0.29) is 24.4 Å². The number of methoxy groups -OCH3 is 2. The number of carbonyl (C=O) groups is 2. The normalized spacial score (nSPS) is 14.2. The second kappa shape index (κ2) is 13.7. The lowest BCUT2D eigenvalue weighted by Gasteiger charge is -2.30. The van der Waals surface area contributed by atoms with Crippen LogP contribution in [0.4, 0.5) is 0 Å². The zero-order valence-corrected chi connectivity index (χ0v) is 22.7. The summed E-state index contributed by atoms with van der Waals surface area (Å²) in [5.74, 6) is 1.22. The van der Waals surface area contributed by atoms with E-state index in [1.54, 1.807) is 44.6 Å². The Morgan fingerprint density at radius 3 is 2.67 bits per heavy atom. The van der Waals surface area contributed by atoms with Gasteiger partial charge in [-0.3, -0.25) is 9.59 Å². The number of rotatable bonds is 14. The fraction of sp³-hybridized carbons (Fsp3) is 0.519. The van der Waals surface area contributed by atoms with Crippen LogP contribution in [0.5, 0.6) is 11.5 Å². The second-order valence-corrected chi connectivity index (χ2v) is 9.26. The monoisotopic (exact) mass is 540 g/mol. The number of nitrogens with one attached hydrogen (secondary N) is 1. The van der Waals surface area contributed by atoms with Crippen molar-refractivity contribution in [2.75, 3.05) is 34.0 Å². The van der Waals surface area contributed by atoms with E-state index in [4.69, 9.17) is 18.6 Å². The maximum absolute atomic E-state index is 13.7. The predicted molar refractivity (Wildman–Crippen MR) is 141 cm³/mol. The zero-order chi connectivity index (χ0) is 27.6. The van der Waals surface area contributed by atoms with Crippen LogP contribution in [0.2, 0.25) is 0 Å². The Labute approximate surface area is 227 Å². The minimum absolute atomic E-state index is 0.0939. The third kappa shape index (κ3) is 7.14. The SMILES string of the molecule is CCOCCCN(C(=O)Cn1nnc(-c2ccc(OC)c(OC)c2)n1)[C@H](C(=O)NC1CCCC1)c1ccco1. The van der Waals surface area contributed by atoms with Crippen LogP contribution in [-0.4, -0.2) is 76.9 Å². The van der Waals surface area contributed by atoms with Crippen molar-refractivity contribution in [1.29, 1.82) is 0 Å². The van der Waals surface area contributed by atoms with E-state index in [0.717, 1.165) is 25.7 Å². The van der Waals surface area contributed by atoms with Gasteiger partial charge in [0, 0.05) is 31.4 Å². The maximum Gasteiger partial charge on any atom is 0.250 e. The molecule has 12 heteroatoms. The molecule has 1 aliphatic carbocycles. The van der Waals surface area contributed by atoms with Crippen molar-refractivity contribution in [2.45, 2.75) is 57.7 Å². The summed E-state index contributed by atoms with van der Waals surface area (Å²) in [5.41, 5.74) is 0.657. The molecular formula is C27H36N6O6. The summed E-state index contributed by atoms with van der Waals surface area (Å²) < 4.78 is 21.8. The van der Waals surface area contributed by atoms with Crippen molar-refractivity contribution in [3.63, 3.8) is 0 Å². The number of nitrogens with zero attached hydrogens (tertiary/aromatic N) is 5. The van der Waals surface area contributed by atoms with Gasteiger partial charge in [0.2, 0.25) is 11.7 Å². The first kappa shape index (κ1) is 28.1. The molecule has 1 aliphatic rings. The first-order chi connectivity index (χ1) is 19.0. The van der Waals surface area contributed by atoms with Crippen molar-refractivity contribution >= 4 is 11.8 Å². The average Bonchev–Trinajstić information content (AvgIpc) is 3.74. The lowest BCUT2D eigenvalue weighted by Crippen LogP contribution is -2.47. The van der Waals surface area contributed by atoms with Gasteiger partial charge in [0.25, 0.3) is 5.91 Å². The van der Waals surface area contributed by atoms with Crippen molar-refractivity contribution in [3.8, 4) is 22.9 Å². The first-order valence-corrected chi connectivity index (χ1v) is 13.2. The van der Waals surface area contributed by atoms with Crippen LogP contribution in [0.1, 0.15) is 50.8 Å². The summed E-state index contributed by atoms with van der Waals surface area (Å²) >= 11 is 0. The third-order valence-corrected chi connectivity index (χ3v) is 6.66. The second-order valence-electron chi connectivity index (χ2n) is 9.26. The van der Waals surface area contributed by atoms with E-state index in [1.807, 2.05) is 6.92 Å². The molecule has 1 aromatic carbocycles. The molecule has 3 aromatic rings. The molecule has 2 heterocycles. The molecule has 0 bridgehead atoms.